The number of amides is 3. The first-order valence-corrected chi connectivity index (χ1v) is 9.37. The summed E-state index contributed by atoms with van der Waals surface area (Å²) in [7, 11) is 0. The number of nitrogens with zero attached hydrogens (tertiary/aromatic N) is 1. The standard InChI is InChI=1S/C18H14ClFN2O6S/c1-8(23)17(25)28-7-27-15(13-3-2-4-29-13)14-9-5-11(20)10(19)6-12(9)22(16(14)24)18(21)26/h2-6,8,23H,7H2,1H3,(H2,21,26)/b15-14+. The molecule has 0 saturated carbocycles. The number of hydrogen-bond acceptors (Lipinski definition) is 7. The number of rotatable bonds is 5. The SMILES string of the molecule is CC(O)C(=O)OCO/C(=C1/C(=O)N(C(N)=O)c2cc(Cl)c(F)cc21)c1cccs1. The van der Waals surface area contributed by atoms with E-state index in [1.165, 1.54) is 18.3 Å². The Kier molecular flexibility index (Phi) is 5.87. The molecule has 2 aromatic rings. The summed E-state index contributed by atoms with van der Waals surface area (Å²) in [5.41, 5.74) is 5.21. The molecule has 1 aliphatic heterocycles. The van der Waals surface area contributed by atoms with Crippen LogP contribution >= 0.6 is 22.9 Å². The molecule has 1 aromatic heterocycles. The number of fused-ring (bicyclic) bond motifs is 1. The summed E-state index contributed by atoms with van der Waals surface area (Å²) in [4.78, 5) is 37.3. The Balaban J connectivity index is 2.12. The Hall–Kier alpha value is -2.95. The van der Waals surface area contributed by atoms with Gasteiger partial charge in [0.1, 0.15) is 11.9 Å². The number of thiophene rings is 1. The van der Waals surface area contributed by atoms with Crippen LogP contribution in [0.25, 0.3) is 11.3 Å². The van der Waals surface area contributed by atoms with E-state index in [0.29, 0.717) is 9.78 Å². The van der Waals surface area contributed by atoms with Crippen molar-refractivity contribution in [3.05, 3.63) is 50.9 Å². The molecule has 2 heterocycles. The van der Waals surface area contributed by atoms with Gasteiger partial charge < -0.3 is 20.3 Å². The number of aliphatic hydroxyl groups excluding tert-OH is 1. The van der Waals surface area contributed by atoms with E-state index >= 15 is 0 Å². The number of aliphatic hydroxyl groups is 1. The number of nitrogens with two attached hydrogens (primary N) is 1. The molecule has 1 aromatic carbocycles. The lowest BCUT2D eigenvalue weighted by Gasteiger charge is -2.13. The highest BCUT2D eigenvalue weighted by Crippen LogP contribution is 2.43. The smallest absolute Gasteiger partial charge is 0.337 e. The largest absolute Gasteiger partial charge is 0.455 e. The summed E-state index contributed by atoms with van der Waals surface area (Å²) >= 11 is 6.99. The average molecular weight is 441 g/mol. The maximum atomic E-state index is 14.1. The first-order valence-electron chi connectivity index (χ1n) is 8.11. The quantitative estimate of drug-likeness (QED) is 0.319. The van der Waals surface area contributed by atoms with E-state index in [2.05, 4.69) is 0 Å². The van der Waals surface area contributed by atoms with Crippen LogP contribution in [0.1, 0.15) is 17.4 Å². The minimum absolute atomic E-state index is 0.00234. The predicted octanol–water partition coefficient (Wildman–Crippen LogP) is 2.73. The Labute approximate surface area is 172 Å². The summed E-state index contributed by atoms with van der Waals surface area (Å²) < 4.78 is 24.4. The second-order valence-electron chi connectivity index (χ2n) is 5.85. The zero-order valence-electron chi connectivity index (χ0n) is 14.8. The number of halogens is 2. The number of primary amides is 1. The van der Waals surface area contributed by atoms with E-state index in [1.807, 2.05) is 0 Å². The monoisotopic (exact) mass is 440 g/mol. The van der Waals surface area contributed by atoms with E-state index in [4.69, 9.17) is 26.8 Å². The molecule has 152 valence electrons. The number of carbonyl (C=O) groups is 3. The average Bonchev–Trinajstić information content (AvgIpc) is 3.26. The van der Waals surface area contributed by atoms with Gasteiger partial charge >= 0.3 is 12.0 Å². The van der Waals surface area contributed by atoms with Crippen LogP contribution in [0, 0.1) is 5.82 Å². The van der Waals surface area contributed by atoms with E-state index in [0.717, 1.165) is 12.1 Å². The third-order valence-corrected chi connectivity index (χ3v) is 5.06. The number of ether oxygens (including phenoxy) is 2. The molecule has 8 nitrogen and oxygen atoms in total. The zero-order valence-corrected chi connectivity index (χ0v) is 16.4. The van der Waals surface area contributed by atoms with Gasteiger partial charge in [-0.3, -0.25) is 4.79 Å². The molecule has 0 radical (unpaired) electrons. The molecule has 11 heteroatoms. The number of hydrogen-bond donors (Lipinski definition) is 2. The van der Waals surface area contributed by atoms with Gasteiger partial charge in [-0.1, -0.05) is 17.7 Å². The van der Waals surface area contributed by atoms with Crippen LogP contribution in [0.4, 0.5) is 14.9 Å². The van der Waals surface area contributed by atoms with E-state index in [1.54, 1.807) is 17.5 Å². The highest BCUT2D eigenvalue weighted by molar-refractivity contribution is 7.11. The molecule has 0 spiro atoms. The number of imide groups is 1. The van der Waals surface area contributed by atoms with Crippen LogP contribution in [-0.2, 0) is 19.1 Å². The van der Waals surface area contributed by atoms with Crippen LogP contribution in [0.15, 0.2) is 29.6 Å². The molecule has 1 aliphatic rings. The van der Waals surface area contributed by atoms with Crippen molar-refractivity contribution in [3.8, 4) is 0 Å². The predicted molar refractivity (Wildman–Crippen MR) is 103 cm³/mol. The van der Waals surface area contributed by atoms with E-state index in [-0.39, 0.29) is 27.6 Å². The van der Waals surface area contributed by atoms with Gasteiger partial charge in [0, 0.05) is 5.56 Å². The summed E-state index contributed by atoms with van der Waals surface area (Å²) in [6.07, 6.45) is -1.37. The zero-order chi connectivity index (χ0) is 21.3. The fourth-order valence-corrected chi connectivity index (χ4v) is 3.52. The van der Waals surface area contributed by atoms with Crippen LogP contribution < -0.4 is 10.6 Å². The lowest BCUT2D eigenvalue weighted by Crippen LogP contribution is -2.38. The Morgan fingerprint density at radius 3 is 2.69 bits per heavy atom. The highest BCUT2D eigenvalue weighted by Gasteiger charge is 2.40. The number of urea groups is 1. The molecule has 0 saturated heterocycles. The first kappa shape index (κ1) is 20.8. The van der Waals surface area contributed by atoms with Gasteiger partial charge in [-0.25, -0.2) is 18.9 Å². The Morgan fingerprint density at radius 2 is 2.10 bits per heavy atom. The van der Waals surface area contributed by atoms with Crippen molar-refractivity contribution in [1.82, 2.24) is 0 Å². The second-order valence-corrected chi connectivity index (χ2v) is 7.20. The molecular formula is C18H14ClFN2O6S. The Bertz CT molecular complexity index is 1020. The van der Waals surface area contributed by atoms with Crippen molar-refractivity contribution in [1.29, 1.82) is 0 Å². The van der Waals surface area contributed by atoms with Crippen LogP contribution in [-0.4, -0.2) is 35.9 Å². The molecule has 0 aliphatic carbocycles. The topological polar surface area (TPSA) is 119 Å². The lowest BCUT2D eigenvalue weighted by molar-refractivity contribution is -0.160. The van der Waals surface area contributed by atoms with Crippen molar-refractivity contribution in [2.75, 3.05) is 11.7 Å². The molecule has 0 fully saturated rings. The van der Waals surface area contributed by atoms with Crippen molar-refractivity contribution in [2.24, 2.45) is 5.73 Å². The summed E-state index contributed by atoms with van der Waals surface area (Å²) in [6.45, 7) is 0.588. The minimum atomic E-state index is -1.37. The maximum absolute atomic E-state index is 14.1. The fourth-order valence-electron chi connectivity index (χ4n) is 2.64. The molecule has 1 atom stereocenters. The van der Waals surface area contributed by atoms with Gasteiger partial charge in [-0.2, -0.15) is 0 Å². The second kappa shape index (κ2) is 8.19. The molecule has 3 N–H and O–H groups in total. The van der Waals surface area contributed by atoms with Gasteiger partial charge in [-0.05, 0) is 30.5 Å². The third-order valence-electron chi connectivity index (χ3n) is 3.90. The summed E-state index contributed by atoms with van der Waals surface area (Å²) in [5, 5.41) is 10.6. The molecule has 3 amide bonds. The van der Waals surface area contributed by atoms with Gasteiger partial charge in [-0.15, -0.1) is 11.3 Å². The van der Waals surface area contributed by atoms with Gasteiger partial charge in [0.15, 0.2) is 5.76 Å². The van der Waals surface area contributed by atoms with Gasteiger partial charge in [0.05, 0.1) is 21.2 Å². The minimum Gasteiger partial charge on any atom is -0.455 e. The fraction of sp³-hybridized carbons (Fsp3) is 0.167. The molecule has 3 rings (SSSR count). The van der Waals surface area contributed by atoms with Crippen LogP contribution in [0.3, 0.4) is 0 Å². The van der Waals surface area contributed by atoms with Gasteiger partial charge in [0.2, 0.25) is 6.79 Å². The van der Waals surface area contributed by atoms with Crippen LogP contribution in [0.2, 0.25) is 5.02 Å². The summed E-state index contributed by atoms with van der Waals surface area (Å²) in [6, 6.07) is 4.32. The first-order chi connectivity index (χ1) is 13.7. The molecule has 0 bridgehead atoms. The maximum Gasteiger partial charge on any atom is 0.337 e. The number of anilines is 1. The summed E-state index contributed by atoms with van der Waals surface area (Å²) in [5.74, 6) is -2.64. The van der Waals surface area contributed by atoms with Crippen molar-refractivity contribution in [3.63, 3.8) is 0 Å². The number of esters is 1. The van der Waals surface area contributed by atoms with Crippen molar-refractivity contribution < 1.29 is 33.4 Å². The number of benzene rings is 1. The highest BCUT2D eigenvalue weighted by atomic mass is 35.5. The molecular weight excluding hydrogens is 427 g/mol. The van der Waals surface area contributed by atoms with E-state index < -0.39 is 36.6 Å². The number of carbonyl (C=O) groups excluding carboxylic acids is 3. The third kappa shape index (κ3) is 3.95. The van der Waals surface area contributed by atoms with Crippen molar-refractivity contribution >= 4 is 57.9 Å². The van der Waals surface area contributed by atoms with Gasteiger partial charge in [0.25, 0.3) is 5.91 Å². The van der Waals surface area contributed by atoms with Crippen LogP contribution in [0.5, 0.6) is 0 Å². The normalized spacial score (nSPS) is 15.7. The molecule has 29 heavy (non-hydrogen) atoms. The van der Waals surface area contributed by atoms with E-state index in [9.17, 15) is 23.9 Å². The lowest BCUT2D eigenvalue weighted by atomic mass is 10.0. The Morgan fingerprint density at radius 1 is 1.38 bits per heavy atom. The van der Waals surface area contributed by atoms with Crippen molar-refractivity contribution in [2.45, 2.75) is 13.0 Å². The molecule has 1 unspecified atom stereocenters.